The molecule has 0 radical (unpaired) electrons. The number of hydrogen-bond donors (Lipinski definition) is 1. The third kappa shape index (κ3) is 6.12. The van der Waals surface area contributed by atoms with E-state index in [4.69, 9.17) is 9.47 Å². The van der Waals surface area contributed by atoms with Crippen molar-refractivity contribution in [2.45, 2.75) is 64.8 Å². The maximum atomic E-state index is 12.6. The van der Waals surface area contributed by atoms with E-state index in [1.165, 1.54) is 0 Å². The number of nitrogens with zero attached hydrogens (tertiary/aromatic N) is 1. The molecule has 1 aromatic rings. The van der Waals surface area contributed by atoms with Crippen molar-refractivity contribution in [2.24, 2.45) is 5.92 Å². The quantitative estimate of drug-likeness (QED) is 0.611. The summed E-state index contributed by atoms with van der Waals surface area (Å²) in [4.78, 5) is 26.8. The second kappa shape index (κ2) is 10.5. The van der Waals surface area contributed by atoms with Crippen LogP contribution in [-0.4, -0.2) is 43.0 Å². The summed E-state index contributed by atoms with van der Waals surface area (Å²) in [6.07, 6.45) is 5.58. The summed E-state index contributed by atoms with van der Waals surface area (Å²) in [5.41, 5.74) is 1.07. The fourth-order valence-electron chi connectivity index (χ4n) is 3.86. The Labute approximate surface area is 173 Å². The van der Waals surface area contributed by atoms with Crippen LogP contribution in [0.5, 0.6) is 11.5 Å². The lowest BCUT2D eigenvalue weighted by Crippen LogP contribution is -2.33. The molecule has 6 heteroatoms. The van der Waals surface area contributed by atoms with Crippen LogP contribution in [0.25, 0.3) is 0 Å². The molecule has 1 unspecified atom stereocenters. The van der Waals surface area contributed by atoms with Gasteiger partial charge in [0, 0.05) is 25.9 Å². The zero-order chi connectivity index (χ0) is 20.6. The number of ether oxygens (including phenoxy) is 2. The van der Waals surface area contributed by atoms with Crippen LogP contribution in [0.2, 0.25) is 0 Å². The number of fused-ring (bicyclic) bond motifs is 1. The first-order chi connectivity index (χ1) is 14.1. The highest BCUT2D eigenvalue weighted by Crippen LogP contribution is 2.43. The highest BCUT2D eigenvalue weighted by atomic mass is 16.6. The predicted octanol–water partition coefficient (Wildman–Crippen LogP) is 3.84. The van der Waals surface area contributed by atoms with Gasteiger partial charge in [-0.2, -0.15) is 0 Å². The second-order valence-corrected chi connectivity index (χ2v) is 8.02. The Hall–Kier alpha value is -2.24. The van der Waals surface area contributed by atoms with Gasteiger partial charge in [0.15, 0.2) is 11.5 Å². The Balaban J connectivity index is 1.51. The maximum Gasteiger partial charge on any atom is 0.222 e. The minimum atomic E-state index is 0.00529. The highest BCUT2D eigenvalue weighted by Gasteiger charge is 2.34. The molecule has 1 saturated carbocycles. The fourth-order valence-corrected chi connectivity index (χ4v) is 3.86. The minimum absolute atomic E-state index is 0.00529. The smallest absolute Gasteiger partial charge is 0.222 e. The van der Waals surface area contributed by atoms with E-state index in [0.717, 1.165) is 55.8 Å². The van der Waals surface area contributed by atoms with Crippen molar-refractivity contribution >= 4 is 11.8 Å². The van der Waals surface area contributed by atoms with Gasteiger partial charge in [0.1, 0.15) is 13.2 Å². The normalized spacial score (nSPS) is 16.2. The Morgan fingerprint density at radius 2 is 1.76 bits per heavy atom. The molecule has 0 bridgehead atoms. The first kappa shape index (κ1) is 21.5. The van der Waals surface area contributed by atoms with Gasteiger partial charge < -0.3 is 19.7 Å². The molecule has 1 aromatic carbocycles. The Morgan fingerprint density at radius 3 is 2.41 bits per heavy atom. The van der Waals surface area contributed by atoms with Crippen molar-refractivity contribution in [1.29, 1.82) is 0 Å². The SMILES string of the molecule is CCCN(CCC)C(=O)CCCC(=O)NC(c1ccc2c(c1)OCCO2)C1CC1. The minimum Gasteiger partial charge on any atom is -0.486 e. The van der Waals surface area contributed by atoms with Crippen LogP contribution in [0.15, 0.2) is 18.2 Å². The molecule has 1 heterocycles. The molecule has 6 nitrogen and oxygen atoms in total. The van der Waals surface area contributed by atoms with Gasteiger partial charge in [-0.25, -0.2) is 0 Å². The molecule has 1 aliphatic carbocycles. The number of carbonyl (C=O) groups is 2. The molecule has 1 N–H and O–H groups in total. The highest BCUT2D eigenvalue weighted by molar-refractivity contribution is 5.79. The number of rotatable bonds is 11. The lowest BCUT2D eigenvalue weighted by atomic mass is 10.0. The standard InChI is InChI=1S/C23H34N2O4/c1-3-12-25(13-4-2)22(27)7-5-6-21(26)24-23(17-8-9-17)18-10-11-19-20(16-18)29-15-14-28-19/h10-11,16-17,23H,3-9,12-15H2,1-2H3,(H,24,26). The summed E-state index contributed by atoms with van der Waals surface area (Å²) in [6, 6.07) is 5.95. The van der Waals surface area contributed by atoms with E-state index in [-0.39, 0.29) is 17.9 Å². The topological polar surface area (TPSA) is 67.9 Å². The van der Waals surface area contributed by atoms with E-state index in [0.29, 0.717) is 38.4 Å². The van der Waals surface area contributed by atoms with Crippen molar-refractivity contribution < 1.29 is 19.1 Å². The van der Waals surface area contributed by atoms with Gasteiger partial charge in [0.2, 0.25) is 11.8 Å². The van der Waals surface area contributed by atoms with Crippen LogP contribution in [0.1, 0.15) is 70.4 Å². The third-order valence-electron chi connectivity index (χ3n) is 5.47. The summed E-state index contributed by atoms with van der Waals surface area (Å²) in [5.74, 6) is 2.18. The molecule has 29 heavy (non-hydrogen) atoms. The van der Waals surface area contributed by atoms with Crippen LogP contribution in [0.3, 0.4) is 0 Å². The molecule has 1 aliphatic heterocycles. The van der Waals surface area contributed by atoms with Gasteiger partial charge in [-0.15, -0.1) is 0 Å². The first-order valence-electron chi connectivity index (χ1n) is 11.1. The molecule has 1 atom stereocenters. The number of hydrogen-bond acceptors (Lipinski definition) is 4. The molecule has 2 aliphatic rings. The molecule has 0 spiro atoms. The Bertz CT molecular complexity index is 696. The van der Waals surface area contributed by atoms with E-state index in [9.17, 15) is 9.59 Å². The summed E-state index contributed by atoms with van der Waals surface area (Å²) in [6.45, 7) is 6.89. The van der Waals surface area contributed by atoms with Gasteiger partial charge in [-0.05, 0) is 55.7 Å². The van der Waals surface area contributed by atoms with E-state index < -0.39 is 0 Å². The predicted molar refractivity (Wildman–Crippen MR) is 112 cm³/mol. The molecule has 0 saturated heterocycles. The molecule has 3 rings (SSSR count). The summed E-state index contributed by atoms with van der Waals surface area (Å²) in [5, 5.41) is 3.20. The third-order valence-corrected chi connectivity index (χ3v) is 5.47. The largest absolute Gasteiger partial charge is 0.486 e. The van der Waals surface area contributed by atoms with E-state index >= 15 is 0 Å². The number of benzene rings is 1. The summed E-state index contributed by atoms with van der Waals surface area (Å²) in [7, 11) is 0. The second-order valence-electron chi connectivity index (χ2n) is 8.02. The van der Waals surface area contributed by atoms with Crippen molar-refractivity contribution in [3.8, 4) is 11.5 Å². The van der Waals surface area contributed by atoms with Gasteiger partial charge in [0.25, 0.3) is 0 Å². The lowest BCUT2D eigenvalue weighted by Gasteiger charge is -2.23. The van der Waals surface area contributed by atoms with Crippen LogP contribution in [-0.2, 0) is 9.59 Å². The van der Waals surface area contributed by atoms with E-state index in [2.05, 4.69) is 19.2 Å². The molecular formula is C23H34N2O4. The average Bonchev–Trinajstić information content (AvgIpc) is 3.56. The van der Waals surface area contributed by atoms with Gasteiger partial charge in [0.05, 0.1) is 6.04 Å². The van der Waals surface area contributed by atoms with Crippen LogP contribution in [0, 0.1) is 5.92 Å². The van der Waals surface area contributed by atoms with Crippen molar-refractivity contribution in [3.63, 3.8) is 0 Å². The van der Waals surface area contributed by atoms with Crippen LogP contribution >= 0.6 is 0 Å². The maximum absolute atomic E-state index is 12.6. The number of nitrogens with one attached hydrogen (secondary N) is 1. The molecular weight excluding hydrogens is 368 g/mol. The molecule has 0 aromatic heterocycles. The zero-order valence-electron chi connectivity index (χ0n) is 17.7. The number of carbonyl (C=O) groups excluding carboxylic acids is 2. The Morgan fingerprint density at radius 1 is 1.07 bits per heavy atom. The number of amides is 2. The first-order valence-corrected chi connectivity index (χ1v) is 11.1. The molecule has 2 amide bonds. The van der Waals surface area contributed by atoms with E-state index in [1.54, 1.807) is 0 Å². The molecule has 1 fully saturated rings. The van der Waals surface area contributed by atoms with Crippen molar-refractivity contribution in [2.75, 3.05) is 26.3 Å². The summed E-state index contributed by atoms with van der Waals surface area (Å²) < 4.78 is 11.3. The average molecular weight is 403 g/mol. The van der Waals surface area contributed by atoms with Gasteiger partial charge in [-0.3, -0.25) is 9.59 Å². The van der Waals surface area contributed by atoms with Crippen molar-refractivity contribution in [3.05, 3.63) is 23.8 Å². The van der Waals surface area contributed by atoms with Crippen LogP contribution < -0.4 is 14.8 Å². The van der Waals surface area contributed by atoms with Gasteiger partial charge >= 0.3 is 0 Å². The van der Waals surface area contributed by atoms with Crippen LogP contribution in [0.4, 0.5) is 0 Å². The lowest BCUT2D eigenvalue weighted by molar-refractivity contribution is -0.131. The fraction of sp³-hybridized carbons (Fsp3) is 0.652. The summed E-state index contributed by atoms with van der Waals surface area (Å²) >= 11 is 0. The van der Waals surface area contributed by atoms with Crippen molar-refractivity contribution in [1.82, 2.24) is 10.2 Å². The Kier molecular flexibility index (Phi) is 7.78. The molecule has 160 valence electrons. The monoisotopic (exact) mass is 402 g/mol. The zero-order valence-corrected chi connectivity index (χ0v) is 17.7. The van der Waals surface area contributed by atoms with Gasteiger partial charge in [-0.1, -0.05) is 19.9 Å². The van der Waals surface area contributed by atoms with E-state index in [1.807, 2.05) is 23.1 Å².